The van der Waals surface area contributed by atoms with Crippen LogP contribution in [-0.4, -0.2) is 29.3 Å². The monoisotopic (exact) mass is 385 g/mol. The van der Waals surface area contributed by atoms with Crippen molar-refractivity contribution in [2.24, 2.45) is 0 Å². The van der Waals surface area contributed by atoms with Crippen LogP contribution >= 0.6 is 11.6 Å². The van der Waals surface area contributed by atoms with Gasteiger partial charge in [0.05, 0.1) is 24.1 Å². The first-order chi connectivity index (χ1) is 13.1. The Morgan fingerprint density at radius 1 is 1.07 bits per heavy atom. The van der Waals surface area contributed by atoms with Crippen molar-refractivity contribution in [1.29, 1.82) is 0 Å². The van der Waals surface area contributed by atoms with Gasteiger partial charge in [-0.15, -0.1) is 0 Å². The lowest BCUT2D eigenvalue weighted by molar-refractivity contribution is -0.120. The molecule has 3 rings (SSSR count). The van der Waals surface area contributed by atoms with Crippen molar-refractivity contribution in [3.05, 3.63) is 69.6 Å². The third kappa shape index (κ3) is 5.31. The number of unbranched alkanes of at least 4 members (excludes halogenated alkanes) is 1. The number of aromatic amines is 1. The highest BCUT2D eigenvalue weighted by Crippen LogP contribution is 2.15. The van der Waals surface area contributed by atoms with E-state index in [0.717, 1.165) is 18.6 Å². The van der Waals surface area contributed by atoms with E-state index < -0.39 is 0 Å². The molecule has 0 saturated heterocycles. The lowest BCUT2D eigenvalue weighted by atomic mass is 10.1. The van der Waals surface area contributed by atoms with Crippen molar-refractivity contribution < 1.29 is 9.53 Å². The third-order valence-corrected chi connectivity index (χ3v) is 4.33. The van der Waals surface area contributed by atoms with E-state index >= 15 is 0 Å². The molecular formula is C20H20ClN3O3. The van der Waals surface area contributed by atoms with Gasteiger partial charge in [0, 0.05) is 17.0 Å². The molecule has 0 aliphatic carbocycles. The minimum Gasteiger partial charge on any atom is -0.494 e. The van der Waals surface area contributed by atoms with E-state index in [0.29, 0.717) is 34.6 Å². The van der Waals surface area contributed by atoms with Gasteiger partial charge < -0.3 is 10.1 Å². The third-order valence-electron chi connectivity index (χ3n) is 4.08. The van der Waals surface area contributed by atoms with Crippen LogP contribution in [0, 0.1) is 0 Å². The van der Waals surface area contributed by atoms with Gasteiger partial charge in [-0.3, -0.25) is 9.59 Å². The molecule has 0 aliphatic heterocycles. The summed E-state index contributed by atoms with van der Waals surface area (Å²) in [5.41, 5.74) is 0.309. The Morgan fingerprint density at radius 2 is 1.81 bits per heavy atom. The largest absolute Gasteiger partial charge is 0.494 e. The number of H-pyrrole nitrogens is 1. The van der Waals surface area contributed by atoms with Crippen LogP contribution in [0.1, 0.15) is 18.5 Å². The second-order valence-corrected chi connectivity index (χ2v) is 6.52. The summed E-state index contributed by atoms with van der Waals surface area (Å²) in [5, 5.41) is 11.2. The van der Waals surface area contributed by atoms with Crippen molar-refractivity contribution in [2.75, 3.05) is 13.2 Å². The van der Waals surface area contributed by atoms with Crippen molar-refractivity contribution in [1.82, 2.24) is 15.5 Å². The van der Waals surface area contributed by atoms with Crippen LogP contribution in [-0.2, 0) is 11.2 Å². The predicted molar refractivity (Wildman–Crippen MR) is 105 cm³/mol. The number of carbonyl (C=O) groups excluding carboxylic acids is 1. The van der Waals surface area contributed by atoms with Crippen LogP contribution in [0.15, 0.2) is 53.3 Å². The summed E-state index contributed by atoms with van der Waals surface area (Å²) in [6.45, 7) is 1.13. The number of hydrogen-bond acceptors (Lipinski definition) is 4. The summed E-state index contributed by atoms with van der Waals surface area (Å²) in [6.07, 6.45) is 1.75. The Labute approximate surface area is 161 Å². The van der Waals surface area contributed by atoms with Crippen LogP contribution in [0.5, 0.6) is 5.75 Å². The van der Waals surface area contributed by atoms with E-state index in [9.17, 15) is 9.59 Å². The number of benzene rings is 2. The highest BCUT2D eigenvalue weighted by Gasteiger charge is 2.10. The Kier molecular flexibility index (Phi) is 6.44. The fourth-order valence-electron chi connectivity index (χ4n) is 2.70. The molecule has 2 N–H and O–H groups in total. The van der Waals surface area contributed by atoms with E-state index in [1.807, 2.05) is 18.2 Å². The quantitative estimate of drug-likeness (QED) is 0.583. The van der Waals surface area contributed by atoms with Gasteiger partial charge in [0.15, 0.2) is 0 Å². The number of ether oxygens (including phenoxy) is 1. The number of hydrogen-bond donors (Lipinski definition) is 2. The highest BCUT2D eigenvalue weighted by molar-refractivity contribution is 6.30. The maximum atomic E-state index is 12.1. The average molecular weight is 386 g/mol. The number of nitrogens with one attached hydrogen (secondary N) is 2. The molecule has 2 aromatic carbocycles. The molecule has 0 radical (unpaired) electrons. The van der Waals surface area contributed by atoms with E-state index in [4.69, 9.17) is 16.3 Å². The predicted octanol–water partition coefficient (Wildman–Crippen LogP) is 3.09. The number of fused-ring (bicyclic) bond motifs is 1. The summed E-state index contributed by atoms with van der Waals surface area (Å²) >= 11 is 5.82. The first-order valence-corrected chi connectivity index (χ1v) is 9.12. The molecule has 140 valence electrons. The normalized spacial score (nSPS) is 10.7. The van der Waals surface area contributed by atoms with E-state index in [1.54, 1.807) is 30.3 Å². The summed E-state index contributed by atoms with van der Waals surface area (Å²) in [5.74, 6) is 0.651. The highest BCUT2D eigenvalue weighted by atomic mass is 35.5. The lowest BCUT2D eigenvalue weighted by Crippen LogP contribution is -2.27. The molecule has 0 fully saturated rings. The zero-order chi connectivity index (χ0) is 19.1. The Hall–Kier alpha value is -2.86. The van der Waals surface area contributed by atoms with Crippen LogP contribution in [0.3, 0.4) is 0 Å². The van der Waals surface area contributed by atoms with Gasteiger partial charge in [-0.05, 0) is 43.2 Å². The maximum Gasteiger partial charge on any atom is 0.272 e. The minimum atomic E-state index is -0.254. The zero-order valence-corrected chi connectivity index (χ0v) is 15.5. The summed E-state index contributed by atoms with van der Waals surface area (Å²) < 4.78 is 5.61. The van der Waals surface area contributed by atoms with E-state index in [-0.39, 0.29) is 17.9 Å². The molecule has 0 unspecified atom stereocenters. The number of halogens is 1. The Morgan fingerprint density at radius 3 is 2.59 bits per heavy atom. The Bertz CT molecular complexity index is 970. The molecule has 3 aromatic rings. The second kappa shape index (κ2) is 9.19. The molecular weight excluding hydrogens is 366 g/mol. The number of carbonyl (C=O) groups is 1. The SMILES string of the molecule is O=C(Cc1n[nH]c(=O)c2ccccc12)NCCCCOc1ccc(Cl)cc1. The summed E-state index contributed by atoms with van der Waals surface area (Å²) in [7, 11) is 0. The van der Waals surface area contributed by atoms with Gasteiger partial charge in [-0.25, -0.2) is 5.10 Å². The molecule has 1 aromatic heterocycles. The topological polar surface area (TPSA) is 84.1 Å². The van der Waals surface area contributed by atoms with Crippen LogP contribution in [0.4, 0.5) is 0 Å². The van der Waals surface area contributed by atoms with Crippen molar-refractivity contribution >= 4 is 28.3 Å². The smallest absolute Gasteiger partial charge is 0.272 e. The van der Waals surface area contributed by atoms with Gasteiger partial charge in [0.2, 0.25) is 5.91 Å². The number of rotatable bonds is 8. The lowest BCUT2D eigenvalue weighted by Gasteiger charge is -2.08. The van der Waals surface area contributed by atoms with Gasteiger partial charge in [0.25, 0.3) is 5.56 Å². The molecule has 7 heteroatoms. The summed E-state index contributed by atoms with van der Waals surface area (Å²) in [4.78, 5) is 23.9. The minimum absolute atomic E-state index is 0.124. The first-order valence-electron chi connectivity index (χ1n) is 8.75. The van der Waals surface area contributed by atoms with Gasteiger partial charge in [-0.2, -0.15) is 5.10 Å². The van der Waals surface area contributed by atoms with Gasteiger partial charge in [-0.1, -0.05) is 29.8 Å². The molecule has 0 bridgehead atoms. The van der Waals surface area contributed by atoms with Gasteiger partial charge in [0.1, 0.15) is 5.75 Å². The average Bonchev–Trinajstić information content (AvgIpc) is 2.68. The maximum absolute atomic E-state index is 12.1. The number of amides is 1. The molecule has 1 amide bonds. The molecule has 27 heavy (non-hydrogen) atoms. The molecule has 0 aliphatic rings. The molecule has 0 saturated carbocycles. The van der Waals surface area contributed by atoms with E-state index in [2.05, 4.69) is 15.5 Å². The molecule has 6 nitrogen and oxygen atoms in total. The molecule has 1 heterocycles. The summed E-state index contributed by atoms with van der Waals surface area (Å²) in [6, 6.07) is 14.3. The van der Waals surface area contributed by atoms with Crippen molar-refractivity contribution in [2.45, 2.75) is 19.3 Å². The second-order valence-electron chi connectivity index (χ2n) is 6.08. The number of nitrogens with zero attached hydrogens (tertiary/aromatic N) is 1. The van der Waals surface area contributed by atoms with Crippen LogP contribution in [0.2, 0.25) is 5.02 Å². The van der Waals surface area contributed by atoms with Crippen molar-refractivity contribution in [3.63, 3.8) is 0 Å². The van der Waals surface area contributed by atoms with Crippen molar-refractivity contribution in [3.8, 4) is 5.75 Å². The van der Waals surface area contributed by atoms with Crippen LogP contribution in [0.25, 0.3) is 10.8 Å². The molecule has 0 spiro atoms. The first kappa shape index (κ1) is 18.9. The zero-order valence-electron chi connectivity index (χ0n) is 14.7. The van der Waals surface area contributed by atoms with Crippen LogP contribution < -0.4 is 15.6 Å². The number of aromatic nitrogens is 2. The Balaban J connectivity index is 1.41. The standard InChI is InChI=1S/C20H20ClN3O3/c21-14-7-9-15(10-8-14)27-12-4-3-11-22-19(25)13-18-16-5-1-2-6-17(16)20(26)24-23-18/h1-2,5-10H,3-4,11-13H2,(H,22,25)(H,24,26). The fraction of sp³-hybridized carbons (Fsp3) is 0.250. The fourth-order valence-corrected chi connectivity index (χ4v) is 2.82. The molecule has 0 atom stereocenters. The van der Waals surface area contributed by atoms with E-state index in [1.165, 1.54) is 0 Å². The van der Waals surface area contributed by atoms with Gasteiger partial charge >= 0.3 is 0 Å².